The summed E-state index contributed by atoms with van der Waals surface area (Å²) in [6.07, 6.45) is 3.39. The number of methoxy groups -OCH3 is 1. The molecule has 0 spiro atoms. The third-order valence-electron chi connectivity index (χ3n) is 3.49. The third kappa shape index (κ3) is 2.25. The van der Waals surface area contributed by atoms with Crippen molar-refractivity contribution in [2.75, 3.05) is 7.11 Å². The van der Waals surface area contributed by atoms with Crippen LogP contribution >= 0.6 is 11.6 Å². The van der Waals surface area contributed by atoms with Crippen molar-refractivity contribution in [3.63, 3.8) is 0 Å². The van der Waals surface area contributed by atoms with Crippen LogP contribution in [0, 0.1) is 0 Å². The lowest BCUT2D eigenvalue weighted by Crippen LogP contribution is -1.93. The maximum absolute atomic E-state index is 6.59. The van der Waals surface area contributed by atoms with Crippen LogP contribution in [-0.4, -0.2) is 17.3 Å². The number of aromatic nitrogens is 2. The topological polar surface area (TPSA) is 48.2 Å². The Labute approximate surface area is 127 Å². The molecule has 2 heterocycles. The number of hydrogen-bond acceptors (Lipinski definition) is 4. The second kappa shape index (κ2) is 5.37. The summed E-state index contributed by atoms with van der Waals surface area (Å²) in [5.74, 6) is 0.983. The van der Waals surface area contributed by atoms with Crippen LogP contribution in [0.4, 0.5) is 0 Å². The first-order chi connectivity index (χ1) is 10.1. The summed E-state index contributed by atoms with van der Waals surface area (Å²) in [6.45, 7) is 4.16. The van der Waals surface area contributed by atoms with Crippen LogP contribution in [0.2, 0.25) is 5.02 Å². The van der Waals surface area contributed by atoms with E-state index in [1.807, 2.05) is 18.2 Å². The lowest BCUT2D eigenvalue weighted by molar-refractivity contribution is 0.419. The van der Waals surface area contributed by atoms with E-state index in [0.29, 0.717) is 10.8 Å². The average Bonchev–Trinajstić information content (AvgIpc) is 2.96. The fraction of sp³-hybridized carbons (Fsp3) is 0.250. The van der Waals surface area contributed by atoms with E-state index >= 15 is 0 Å². The van der Waals surface area contributed by atoms with Crippen LogP contribution in [0.3, 0.4) is 0 Å². The van der Waals surface area contributed by atoms with Gasteiger partial charge in [-0.3, -0.25) is 4.98 Å². The Morgan fingerprint density at radius 1 is 1.29 bits per heavy atom. The van der Waals surface area contributed by atoms with Gasteiger partial charge in [-0.1, -0.05) is 36.7 Å². The van der Waals surface area contributed by atoms with E-state index in [9.17, 15) is 0 Å². The van der Waals surface area contributed by atoms with Crippen LogP contribution in [0.1, 0.15) is 25.3 Å². The molecular formula is C16H15ClN2O2. The Morgan fingerprint density at radius 2 is 2.10 bits per heavy atom. The highest BCUT2D eigenvalue weighted by molar-refractivity contribution is 6.38. The molecule has 3 aromatic rings. The zero-order valence-electron chi connectivity index (χ0n) is 12.1. The van der Waals surface area contributed by atoms with Crippen molar-refractivity contribution in [1.82, 2.24) is 10.1 Å². The Morgan fingerprint density at radius 3 is 2.81 bits per heavy atom. The molecule has 0 saturated carbocycles. The van der Waals surface area contributed by atoms with E-state index in [0.717, 1.165) is 27.7 Å². The lowest BCUT2D eigenvalue weighted by atomic mass is 10.00. The first-order valence-electron chi connectivity index (χ1n) is 6.69. The minimum atomic E-state index is 0.288. The first kappa shape index (κ1) is 13.9. The van der Waals surface area contributed by atoms with E-state index in [-0.39, 0.29) is 5.92 Å². The number of nitrogens with zero attached hydrogens (tertiary/aromatic N) is 2. The Kier molecular flexibility index (Phi) is 3.55. The molecule has 0 atom stereocenters. The summed E-state index contributed by atoms with van der Waals surface area (Å²) in [5.41, 5.74) is 3.28. The molecule has 0 radical (unpaired) electrons. The molecule has 0 aliphatic heterocycles. The molecule has 3 rings (SSSR count). The molecule has 0 amide bonds. The predicted molar refractivity (Wildman–Crippen MR) is 82.9 cm³/mol. The van der Waals surface area contributed by atoms with Crippen LogP contribution in [-0.2, 0) is 0 Å². The van der Waals surface area contributed by atoms with Crippen molar-refractivity contribution in [3.8, 4) is 17.0 Å². The molecule has 5 heteroatoms. The van der Waals surface area contributed by atoms with Gasteiger partial charge in [0.1, 0.15) is 17.7 Å². The van der Waals surface area contributed by atoms with Gasteiger partial charge in [-0.25, -0.2) is 0 Å². The quantitative estimate of drug-likeness (QED) is 0.705. The van der Waals surface area contributed by atoms with Gasteiger partial charge in [0.15, 0.2) is 0 Å². The van der Waals surface area contributed by atoms with Gasteiger partial charge in [0.25, 0.3) is 0 Å². The number of fused-ring (bicyclic) bond motifs is 1. The maximum atomic E-state index is 6.59. The van der Waals surface area contributed by atoms with Crippen LogP contribution in [0.15, 0.2) is 35.2 Å². The molecule has 21 heavy (non-hydrogen) atoms. The normalized spacial score (nSPS) is 11.3. The molecule has 0 fully saturated rings. The van der Waals surface area contributed by atoms with E-state index in [1.165, 1.54) is 0 Å². The molecular weight excluding hydrogens is 288 g/mol. The van der Waals surface area contributed by atoms with Gasteiger partial charge in [0.05, 0.1) is 23.0 Å². The summed E-state index contributed by atoms with van der Waals surface area (Å²) < 4.78 is 10.5. The highest BCUT2D eigenvalue weighted by Gasteiger charge is 2.19. The highest BCUT2D eigenvalue weighted by atomic mass is 35.5. The lowest BCUT2D eigenvalue weighted by Gasteiger charge is -2.10. The Bertz CT molecular complexity index is 796. The van der Waals surface area contributed by atoms with E-state index < -0.39 is 0 Å². The molecule has 0 saturated heterocycles. The van der Waals surface area contributed by atoms with Crippen molar-refractivity contribution in [1.29, 1.82) is 0 Å². The van der Waals surface area contributed by atoms with Crippen LogP contribution < -0.4 is 4.74 Å². The van der Waals surface area contributed by atoms with Gasteiger partial charge in [-0.2, -0.15) is 0 Å². The summed E-state index contributed by atoms with van der Waals surface area (Å²) in [4.78, 5) is 4.46. The molecule has 0 bridgehead atoms. The summed E-state index contributed by atoms with van der Waals surface area (Å²) >= 11 is 6.59. The van der Waals surface area contributed by atoms with Gasteiger partial charge in [0.2, 0.25) is 0 Å². The van der Waals surface area contributed by atoms with Crippen LogP contribution in [0.25, 0.3) is 22.2 Å². The predicted octanol–water partition coefficient (Wildman–Crippen LogP) is 4.68. The molecule has 108 valence electrons. The second-order valence-corrected chi connectivity index (χ2v) is 5.49. The van der Waals surface area contributed by atoms with Crippen molar-refractivity contribution in [2.24, 2.45) is 0 Å². The second-order valence-electron chi connectivity index (χ2n) is 5.11. The van der Waals surface area contributed by atoms with Gasteiger partial charge in [-0.05, 0) is 18.1 Å². The minimum absolute atomic E-state index is 0.288. The van der Waals surface area contributed by atoms with E-state index in [1.54, 1.807) is 19.6 Å². The molecule has 0 unspecified atom stereocenters. The maximum Gasteiger partial charge on any atom is 0.129 e. The standard InChI is InChI=1S/C16H15ClN2O2/c1-9(2)11-8-21-19-16(11)10-7-18-12-5-4-6-13(20-3)14(12)15(10)17/h4-9H,1-3H3. The molecule has 4 nitrogen and oxygen atoms in total. The van der Waals surface area contributed by atoms with Gasteiger partial charge >= 0.3 is 0 Å². The summed E-state index contributed by atoms with van der Waals surface area (Å²) in [5, 5.41) is 5.46. The van der Waals surface area contributed by atoms with Crippen molar-refractivity contribution in [3.05, 3.63) is 41.2 Å². The summed E-state index contributed by atoms with van der Waals surface area (Å²) in [6, 6.07) is 5.66. The van der Waals surface area contributed by atoms with Crippen molar-refractivity contribution in [2.45, 2.75) is 19.8 Å². The fourth-order valence-corrected chi connectivity index (χ4v) is 2.70. The molecule has 0 aliphatic rings. The monoisotopic (exact) mass is 302 g/mol. The number of hydrogen-bond donors (Lipinski definition) is 0. The largest absolute Gasteiger partial charge is 0.496 e. The van der Waals surface area contributed by atoms with Crippen molar-refractivity contribution < 1.29 is 9.26 Å². The zero-order chi connectivity index (χ0) is 15.0. The number of halogens is 1. The number of benzene rings is 1. The minimum Gasteiger partial charge on any atom is -0.496 e. The molecule has 2 aromatic heterocycles. The highest BCUT2D eigenvalue weighted by Crippen LogP contribution is 2.39. The van der Waals surface area contributed by atoms with Crippen molar-refractivity contribution >= 4 is 22.5 Å². The third-order valence-corrected chi connectivity index (χ3v) is 3.88. The molecule has 1 aromatic carbocycles. The van der Waals surface area contributed by atoms with E-state index in [4.69, 9.17) is 20.9 Å². The SMILES string of the molecule is COc1cccc2ncc(-c3nocc3C(C)C)c(Cl)c12. The van der Waals surface area contributed by atoms with Crippen LogP contribution in [0.5, 0.6) is 5.75 Å². The Hall–Kier alpha value is -2.07. The smallest absolute Gasteiger partial charge is 0.129 e. The Balaban J connectivity index is 2.29. The van der Waals surface area contributed by atoms with Gasteiger partial charge < -0.3 is 9.26 Å². The number of ether oxygens (including phenoxy) is 1. The zero-order valence-corrected chi connectivity index (χ0v) is 12.8. The molecule has 0 aliphatic carbocycles. The average molecular weight is 303 g/mol. The molecule has 0 N–H and O–H groups in total. The fourth-order valence-electron chi connectivity index (χ4n) is 2.37. The van der Waals surface area contributed by atoms with Gasteiger partial charge in [-0.15, -0.1) is 0 Å². The first-order valence-corrected chi connectivity index (χ1v) is 7.07. The van der Waals surface area contributed by atoms with E-state index in [2.05, 4.69) is 24.0 Å². The number of pyridine rings is 1. The number of rotatable bonds is 3. The van der Waals surface area contributed by atoms with Gasteiger partial charge in [0, 0.05) is 17.3 Å². The summed E-state index contributed by atoms with van der Waals surface area (Å²) in [7, 11) is 1.62.